The summed E-state index contributed by atoms with van der Waals surface area (Å²) >= 11 is 5.64. The topological polar surface area (TPSA) is 97.1 Å². The molecule has 3 aliphatic rings. The highest BCUT2D eigenvalue weighted by molar-refractivity contribution is 7.80. The third kappa shape index (κ3) is 6.61. The standard InChI is InChI=1S/C31H39F5N4O4S/c1-28(2,3)24-30(32,33)19(12-14-38(24)27(42)43)13-15-44-22-10-8-20(9-11-22)40-26(45)39(25(41)29(40,4)5)21-7-6-18(17-37)23(16-21)31(34,35)36/h6-7,16,19-20,22,24H,8-15H2,1-5H3,(H,42,43). The molecule has 14 heteroatoms. The molecule has 1 aliphatic carbocycles. The summed E-state index contributed by atoms with van der Waals surface area (Å²) in [5.41, 5.74) is -3.86. The molecule has 3 fully saturated rings. The van der Waals surface area contributed by atoms with Crippen LogP contribution in [0.2, 0.25) is 0 Å². The van der Waals surface area contributed by atoms with Crippen LogP contribution in [0.15, 0.2) is 18.2 Å². The van der Waals surface area contributed by atoms with Crippen molar-refractivity contribution in [2.45, 2.75) is 109 Å². The lowest BCUT2D eigenvalue weighted by Gasteiger charge is -2.49. The van der Waals surface area contributed by atoms with E-state index < -0.39 is 58.1 Å². The average Bonchev–Trinajstić information content (AvgIpc) is 3.10. The monoisotopic (exact) mass is 658 g/mol. The van der Waals surface area contributed by atoms with Crippen LogP contribution in [0.1, 0.15) is 84.3 Å². The molecule has 2 heterocycles. The minimum atomic E-state index is -4.79. The quantitative estimate of drug-likeness (QED) is 0.258. The zero-order valence-corrected chi connectivity index (χ0v) is 26.8. The maximum atomic E-state index is 15.6. The molecule has 0 bridgehead atoms. The normalized spacial score (nSPS) is 27.1. The van der Waals surface area contributed by atoms with Gasteiger partial charge in [0.15, 0.2) is 5.11 Å². The van der Waals surface area contributed by atoms with Crippen molar-refractivity contribution in [1.29, 1.82) is 5.26 Å². The van der Waals surface area contributed by atoms with Crippen molar-refractivity contribution in [2.24, 2.45) is 11.3 Å². The van der Waals surface area contributed by atoms with E-state index in [1.54, 1.807) is 39.5 Å². The molecule has 2 unspecified atom stereocenters. The van der Waals surface area contributed by atoms with Crippen LogP contribution in [-0.2, 0) is 15.7 Å². The summed E-state index contributed by atoms with van der Waals surface area (Å²) in [6.45, 7) is 8.30. The van der Waals surface area contributed by atoms with E-state index in [4.69, 9.17) is 22.2 Å². The predicted octanol–water partition coefficient (Wildman–Crippen LogP) is 7.06. The Hall–Kier alpha value is -3.05. The number of likely N-dealkylation sites (tertiary alicyclic amines) is 1. The van der Waals surface area contributed by atoms with Crippen LogP contribution in [0, 0.1) is 22.7 Å². The van der Waals surface area contributed by atoms with Crippen LogP contribution in [0.3, 0.4) is 0 Å². The van der Waals surface area contributed by atoms with Crippen LogP contribution < -0.4 is 4.90 Å². The van der Waals surface area contributed by atoms with Crippen molar-refractivity contribution in [3.05, 3.63) is 29.3 Å². The number of piperidine rings is 1. The summed E-state index contributed by atoms with van der Waals surface area (Å²) in [5, 5.41) is 18.7. The molecule has 2 saturated heterocycles. The number of rotatable bonds is 6. The second-order valence-electron chi connectivity index (χ2n) is 13.7. The van der Waals surface area contributed by atoms with Gasteiger partial charge in [0.05, 0.1) is 29.0 Å². The number of anilines is 1. The number of hydrogen-bond acceptors (Lipinski definition) is 5. The molecule has 1 aromatic carbocycles. The molecule has 45 heavy (non-hydrogen) atoms. The molecule has 1 aromatic rings. The molecule has 2 aliphatic heterocycles. The van der Waals surface area contributed by atoms with Gasteiger partial charge in [-0.25, -0.2) is 13.6 Å². The highest BCUT2D eigenvalue weighted by Gasteiger charge is 2.58. The van der Waals surface area contributed by atoms with Gasteiger partial charge >= 0.3 is 12.3 Å². The Bertz CT molecular complexity index is 1360. The largest absolute Gasteiger partial charge is 0.465 e. The number of carbonyl (C=O) groups excluding carboxylic acids is 1. The Morgan fingerprint density at radius 3 is 2.29 bits per heavy atom. The molecule has 8 nitrogen and oxygen atoms in total. The van der Waals surface area contributed by atoms with Crippen molar-refractivity contribution in [3.63, 3.8) is 0 Å². The van der Waals surface area contributed by atoms with E-state index in [2.05, 4.69) is 0 Å². The molecule has 4 rings (SSSR count). The molecular weight excluding hydrogens is 619 g/mol. The number of hydrogen-bond donors (Lipinski definition) is 1. The van der Waals surface area contributed by atoms with Crippen LogP contribution in [-0.4, -0.2) is 74.8 Å². The summed E-state index contributed by atoms with van der Waals surface area (Å²) in [6, 6.07) is 2.97. The summed E-state index contributed by atoms with van der Waals surface area (Å²) < 4.78 is 78.0. The number of ether oxygens (including phenoxy) is 1. The van der Waals surface area contributed by atoms with E-state index in [9.17, 15) is 27.9 Å². The van der Waals surface area contributed by atoms with Crippen molar-refractivity contribution >= 4 is 35.0 Å². The number of carboxylic acid groups (broad SMARTS) is 1. The molecule has 1 N–H and O–H groups in total. The highest BCUT2D eigenvalue weighted by Crippen LogP contribution is 2.47. The Labute approximate surface area is 265 Å². The first-order chi connectivity index (χ1) is 20.7. The summed E-state index contributed by atoms with van der Waals surface area (Å²) in [4.78, 5) is 28.9. The summed E-state index contributed by atoms with van der Waals surface area (Å²) in [5.74, 6) is -4.72. The lowest BCUT2D eigenvalue weighted by Crippen LogP contribution is -2.63. The van der Waals surface area contributed by atoms with Crippen LogP contribution in [0.5, 0.6) is 0 Å². The fourth-order valence-corrected chi connectivity index (χ4v) is 7.70. The van der Waals surface area contributed by atoms with Crippen molar-refractivity contribution < 1.29 is 41.4 Å². The number of benzene rings is 1. The first-order valence-electron chi connectivity index (χ1n) is 15.0. The number of amides is 2. The van der Waals surface area contributed by atoms with Crippen LogP contribution in [0.4, 0.5) is 32.4 Å². The molecule has 0 spiro atoms. The van der Waals surface area contributed by atoms with Crippen molar-refractivity contribution in [2.75, 3.05) is 18.1 Å². The SMILES string of the molecule is CC(C)(C)C1N(C(=O)O)CCC(CCOC2CCC(N3C(=S)N(c4ccc(C#N)c(C(F)(F)F)c4)C(=O)C3(C)C)CC2)C1(F)F. The van der Waals surface area contributed by atoms with Gasteiger partial charge in [-0.3, -0.25) is 14.6 Å². The maximum absolute atomic E-state index is 15.6. The van der Waals surface area contributed by atoms with Gasteiger partial charge in [0.2, 0.25) is 0 Å². The van der Waals surface area contributed by atoms with Gasteiger partial charge in [0.1, 0.15) is 11.6 Å². The average molecular weight is 659 g/mol. The van der Waals surface area contributed by atoms with E-state index in [1.807, 2.05) is 0 Å². The van der Waals surface area contributed by atoms with E-state index in [0.717, 1.165) is 21.9 Å². The van der Waals surface area contributed by atoms with E-state index in [1.165, 1.54) is 12.1 Å². The zero-order valence-electron chi connectivity index (χ0n) is 26.0. The van der Waals surface area contributed by atoms with Gasteiger partial charge in [-0.1, -0.05) is 20.8 Å². The number of thiocarbonyl (C=S) groups is 1. The Balaban J connectivity index is 1.38. The Kier molecular flexibility index (Phi) is 9.50. The fourth-order valence-electron chi connectivity index (χ4n) is 7.14. The Morgan fingerprint density at radius 2 is 1.76 bits per heavy atom. The van der Waals surface area contributed by atoms with Gasteiger partial charge in [-0.2, -0.15) is 18.4 Å². The van der Waals surface area contributed by atoms with Crippen molar-refractivity contribution in [3.8, 4) is 6.07 Å². The first-order valence-corrected chi connectivity index (χ1v) is 15.4. The van der Waals surface area contributed by atoms with Crippen LogP contribution >= 0.6 is 12.2 Å². The lowest BCUT2D eigenvalue weighted by molar-refractivity contribution is -0.179. The third-order valence-electron chi connectivity index (χ3n) is 9.25. The van der Waals surface area contributed by atoms with Crippen molar-refractivity contribution in [1.82, 2.24) is 9.80 Å². The molecule has 2 amide bonds. The van der Waals surface area contributed by atoms with E-state index >= 15 is 8.78 Å². The molecule has 248 valence electrons. The molecule has 0 radical (unpaired) electrons. The van der Waals surface area contributed by atoms with Gasteiger partial charge in [0, 0.05) is 25.1 Å². The number of alkyl halides is 5. The molecule has 0 aromatic heterocycles. The second kappa shape index (κ2) is 12.3. The van der Waals surface area contributed by atoms with Gasteiger partial charge < -0.3 is 14.7 Å². The second-order valence-corrected chi connectivity index (χ2v) is 14.1. The van der Waals surface area contributed by atoms with Gasteiger partial charge in [-0.05, 0) is 88.2 Å². The highest BCUT2D eigenvalue weighted by atomic mass is 32.1. The number of nitrogens with zero attached hydrogens (tertiary/aromatic N) is 4. The number of nitriles is 1. The lowest BCUT2D eigenvalue weighted by atomic mass is 9.73. The molecular formula is C31H39F5N4O4S. The number of carbonyl (C=O) groups is 2. The van der Waals surface area contributed by atoms with Gasteiger partial charge in [-0.15, -0.1) is 0 Å². The van der Waals surface area contributed by atoms with E-state index in [-0.39, 0.29) is 48.9 Å². The smallest absolute Gasteiger partial charge is 0.417 e. The summed E-state index contributed by atoms with van der Waals surface area (Å²) in [7, 11) is 0. The number of halogens is 5. The Morgan fingerprint density at radius 1 is 1.13 bits per heavy atom. The minimum Gasteiger partial charge on any atom is -0.465 e. The molecule has 2 atom stereocenters. The molecule has 1 saturated carbocycles. The third-order valence-corrected chi connectivity index (χ3v) is 9.63. The summed E-state index contributed by atoms with van der Waals surface area (Å²) in [6.07, 6.45) is -3.95. The predicted molar refractivity (Wildman–Crippen MR) is 160 cm³/mol. The fraction of sp³-hybridized carbons (Fsp3) is 0.677. The minimum absolute atomic E-state index is 0.0316. The van der Waals surface area contributed by atoms with Crippen LogP contribution in [0.25, 0.3) is 0 Å². The first kappa shape index (κ1) is 34.8. The van der Waals surface area contributed by atoms with Gasteiger partial charge in [0.25, 0.3) is 11.8 Å². The zero-order chi connectivity index (χ0) is 33.7. The van der Waals surface area contributed by atoms with E-state index in [0.29, 0.717) is 25.7 Å². The maximum Gasteiger partial charge on any atom is 0.417 e.